The number of aromatic hydroxyl groups is 1. The molecule has 0 aliphatic carbocycles. The van der Waals surface area contributed by atoms with Crippen LogP contribution in [0.2, 0.25) is 0 Å². The highest BCUT2D eigenvalue weighted by molar-refractivity contribution is 5.76. The summed E-state index contributed by atoms with van der Waals surface area (Å²) in [6.07, 6.45) is 2.07. The summed E-state index contributed by atoms with van der Waals surface area (Å²) in [6.45, 7) is 4.04. The molecule has 0 saturated carbocycles. The van der Waals surface area contributed by atoms with E-state index in [1.807, 2.05) is 40.2 Å². The molecule has 2 aromatic carbocycles. The van der Waals surface area contributed by atoms with Crippen LogP contribution in [0.4, 0.5) is 4.79 Å². The second kappa shape index (κ2) is 7.38. The molecule has 2 aliphatic rings. The fourth-order valence-electron chi connectivity index (χ4n) is 3.97. The summed E-state index contributed by atoms with van der Waals surface area (Å²) in [6, 6.07) is 17.8. The number of hydrazine groups is 1. The summed E-state index contributed by atoms with van der Waals surface area (Å²) >= 11 is 0. The van der Waals surface area contributed by atoms with Crippen molar-refractivity contribution in [1.82, 2.24) is 14.9 Å². The van der Waals surface area contributed by atoms with Gasteiger partial charge in [0.15, 0.2) is 0 Å². The lowest BCUT2D eigenvalue weighted by Gasteiger charge is -2.37. The summed E-state index contributed by atoms with van der Waals surface area (Å²) in [5.41, 5.74) is 2.45. The molecule has 2 fully saturated rings. The van der Waals surface area contributed by atoms with Crippen molar-refractivity contribution in [3.63, 3.8) is 0 Å². The van der Waals surface area contributed by atoms with Crippen LogP contribution in [0.1, 0.15) is 29.9 Å². The molecule has 4 rings (SSSR count). The molecule has 0 spiro atoms. The molecule has 0 atom stereocenters. The van der Waals surface area contributed by atoms with Crippen molar-refractivity contribution in [1.29, 1.82) is 0 Å². The molecule has 2 amide bonds. The van der Waals surface area contributed by atoms with Gasteiger partial charge in [0.1, 0.15) is 5.75 Å². The van der Waals surface area contributed by atoms with Crippen LogP contribution in [0.15, 0.2) is 54.6 Å². The maximum atomic E-state index is 12.8. The van der Waals surface area contributed by atoms with E-state index in [9.17, 15) is 9.90 Å². The van der Waals surface area contributed by atoms with Gasteiger partial charge >= 0.3 is 6.03 Å². The maximum absolute atomic E-state index is 12.8. The number of benzene rings is 2. The van der Waals surface area contributed by atoms with E-state index in [-0.39, 0.29) is 6.03 Å². The summed E-state index contributed by atoms with van der Waals surface area (Å²) in [5, 5.41) is 13.6. The van der Waals surface area contributed by atoms with Gasteiger partial charge in [0.2, 0.25) is 0 Å². The van der Waals surface area contributed by atoms with Crippen LogP contribution in [0.5, 0.6) is 5.75 Å². The number of rotatable bonds is 4. The minimum Gasteiger partial charge on any atom is -0.508 e. The zero-order chi connectivity index (χ0) is 17.9. The minimum atomic E-state index is 0.122. The monoisotopic (exact) mass is 351 g/mol. The number of urea groups is 1. The molecule has 2 heterocycles. The van der Waals surface area contributed by atoms with Crippen molar-refractivity contribution >= 4 is 6.03 Å². The molecular weight excluding hydrogens is 326 g/mol. The lowest BCUT2D eigenvalue weighted by molar-refractivity contribution is 0.00744. The summed E-state index contributed by atoms with van der Waals surface area (Å²) in [4.78, 5) is 14.7. The van der Waals surface area contributed by atoms with E-state index < -0.39 is 0 Å². The maximum Gasteiger partial charge on any atom is 0.334 e. The number of hydrogen-bond acceptors (Lipinski definition) is 3. The highest BCUT2D eigenvalue weighted by atomic mass is 16.3. The average Bonchev–Trinajstić information content (AvgIpc) is 3.04. The van der Waals surface area contributed by atoms with Crippen LogP contribution in [0.25, 0.3) is 0 Å². The highest BCUT2D eigenvalue weighted by Gasteiger charge is 2.34. The molecule has 0 unspecified atom stereocenters. The standard InChI is InChI=1S/C21H25N3O2/c25-20-8-6-18(7-9-20)19-10-12-23(13-11-19)24-15-14-22(21(24)26)16-17-4-2-1-3-5-17/h1-9,19,25H,10-16H2. The molecule has 1 N–H and O–H groups in total. The fraction of sp³-hybridized carbons (Fsp3) is 0.381. The Bertz CT molecular complexity index is 740. The van der Waals surface area contributed by atoms with Gasteiger partial charge in [-0.2, -0.15) is 0 Å². The van der Waals surface area contributed by atoms with Crippen LogP contribution in [-0.2, 0) is 6.54 Å². The number of hydrogen-bond donors (Lipinski definition) is 1. The van der Waals surface area contributed by atoms with Gasteiger partial charge < -0.3 is 10.0 Å². The van der Waals surface area contributed by atoms with Gasteiger partial charge in [-0.15, -0.1) is 0 Å². The van der Waals surface area contributed by atoms with E-state index in [1.54, 1.807) is 12.1 Å². The van der Waals surface area contributed by atoms with Crippen molar-refractivity contribution < 1.29 is 9.90 Å². The number of nitrogens with zero attached hydrogens (tertiary/aromatic N) is 3. The molecule has 5 nitrogen and oxygen atoms in total. The number of carbonyl (C=O) groups excluding carboxylic acids is 1. The predicted octanol–water partition coefficient (Wildman–Crippen LogP) is 3.42. The first-order valence-electron chi connectivity index (χ1n) is 9.35. The summed E-state index contributed by atoms with van der Waals surface area (Å²) in [5.74, 6) is 0.817. The molecule has 2 saturated heterocycles. The van der Waals surface area contributed by atoms with E-state index in [0.717, 1.165) is 39.0 Å². The highest BCUT2D eigenvalue weighted by Crippen LogP contribution is 2.30. The summed E-state index contributed by atoms with van der Waals surface area (Å²) in [7, 11) is 0. The third-order valence-corrected chi connectivity index (χ3v) is 5.47. The number of amides is 2. The van der Waals surface area contributed by atoms with E-state index >= 15 is 0 Å². The van der Waals surface area contributed by atoms with Crippen LogP contribution in [0.3, 0.4) is 0 Å². The molecular formula is C21H25N3O2. The largest absolute Gasteiger partial charge is 0.508 e. The Labute approximate surface area is 154 Å². The van der Waals surface area contributed by atoms with Gasteiger partial charge in [-0.3, -0.25) is 5.01 Å². The third-order valence-electron chi connectivity index (χ3n) is 5.47. The Morgan fingerprint density at radius 3 is 2.27 bits per heavy atom. The number of carbonyl (C=O) groups is 1. The second-order valence-corrected chi connectivity index (χ2v) is 7.13. The van der Waals surface area contributed by atoms with Crippen LogP contribution >= 0.6 is 0 Å². The van der Waals surface area contributed by atoms with Crippen LogP contribution in [0, 0.1) is 0 Å². The third kappa shape index (κ3) is 3.53. The molecule has 2 aromatic rings. The molecule has 0 aromatic heterocycles. The second-order valence-electron chi connectivity index (χ2n) is 7.13. The van der Waals surface area contributed by atoms with E-state index in [0.29, 0.717) is 18.2 Å². The van der Waals surface area contributed by atoms with Gasteiger partial charge in [0, 0.05) is 26.2 Å². The Morgan fingerprint density at radius 2 is 1.58 bits per heavy atom. The van der Waals surface area contributed by atoms with Gasteiger partial charge in [0.25, 0.3) is 0 Å². The number of phenolic OH excluding ortho intramolecular Hbond substituents is 1. The summed E-state index contributed by atoms with van der Waals surface area (Å²) < 4.78 is 0. The van der Waals surface area contributed by atoms with E-state index in [4.69, 9.17) is 0 Å². The van der Waals surface area contributed by atoms with Crippen LogP contribution in [-0.4, -0.2) is 52.2 Å². The molecule has 26 heavy (non-hydrogen) atoms. The van der Waals surface area contributed by atoms with Gasteiger partial charge in [-0.25, -0.2) is 9.80 Å². The molecule has 136 valence electrons. The van der Waals surface area contributed by atoms with Crippen molar-refractivity contribution in [3.05, 3.63) is 65.7 Å². The fourth-order valence-corrected chi connectivity index (χ4v) is 3.97. The molecule has 2 aliphatic heterocycles. The Morgan fingerprint density at radius 1 is 0.885 bits per heavy atom. The lowest BCUT2D eigenvalue weighted by atomic mass is 9.90. The van der Waals surface area contributed by atoms with Gasteiger partial charge in [-0.05, 0) is 42.0 Å². The first kappa shape index (κ1) is 16.9. The quantitative estimate of drug-likeness (QED) is 0.918. The van der Waals surface area contributed by atoms with Crippen molar-refractivity contribution in [2.24, 2.45) is 0 Å². The topological polar surface area (TPSA) is 47.0 Å². The average molecular weight is 351 g/mol. The first-order chi connectivity index (χ1) is 12.7. The van der Waals surface area contributed by atoms with E-state index in [1.165, 1.54) is 11.1 Å². The SMILES string of the molecule is O=C1N(Cc2ccccc2)CCN1N1CCC(c2ccc(O)cc2)CC1. The predicted molar refractivity (Wildman–Crippen MR) is 101 cm³/mol. The first-order valence-corrected chi connectivity index (χ1v) is 9.35. The van der Waals surface area contributed by atoms with E-state index in [2.05, 4.69) is 17.1 Å². The molecule has 0 radical (unpaired) electrons. The van der Waals surface area contributed by atoms with Crippen molar-refractivity contribution in [2.45, 2.75) is 25.3 Å². The Kier molecular flexibility index (Phi) is 4.80. The zero-order valence-electron chi connectivity index (χ0n) is 14.9. The van der Waals surface area contributed by atoms with Crippen molar-refractivity contribution in [2.75, 3.05) is 26.2 Å². The number of piperidine rings is 1. The Hall–Kier alpha value is -2.53. The zero-order valence-corrected chi connectivity index (χ0v) is 14.9. The lowest BCUT2D eigenvalue weighted by Crippen LogP contribution is -2.48. The molecule has 0 bridgehead atoms. The van der Waals surface area contributed by atoms with Crippen molar-refractivity contribution in [3.8, 4) is 5.75 Å². The Balaban J connectivity index is 1.33. The normalized spacial score (nSPS) is 19.3. The minimum absolute atomic E-state index is 0.122. The smallest absolute Gasteiger partial charge is 0.334 e. The van der Waals surface area contributed by atoms with Crippen LogP contribution < -0.4 is 0 Å². The molecule has 5 heteroatoms. The van der Waals surface area contributed by atoms with Gasteiger partial charge in [0.05, 0.1) is 6.54 Å². The number of phenols is 1. The van der Waals surface area contributed by atoms with Gasteiger partial charge in [-0.1, -0.05) is 42.5 Å².